The standard InChI is InChI=1S/C16H36N2/c1-9-17-14(16(6,7)8)18-12-10-11-13(2)15(3,4)5/h13-14,17-18H,9-12H2,1-8H3. The lowest BCUT2D eigenvalue weighted by Gasteiger charge is -2.33. The van der Waals surface area contributed by atoms with Gasteiger partial charge in [0.25, 0.3) is 0 Å². The van der Waals surface area contributed by atoms with Crippen molar-refractivity contribution in [3.63, 3.8) is 0 Å². The van der Waals surface area contributed by atoms with Crippen LogP contribution in [-0.2, 0) is 0 Å². The molecule has 0 aliphatic rings. The molecule has 18 heavy (non-hydrogen) atoms. The average molecular weight is 256 g/mol. The summed E-state index contributed by atoms with van der Waals surface area (Å²) in [6.07, 6.45) is 2.98. The van der Waals surface area contributed by atoms with E-state index in [0.29, 0.717) is 11.6 Å². The Labute approximate surface area is 115 Å². The van der Waals surface area contributed by atoms with Crippen LogP contribution in [0.15, 0.2) is 0 Å². The first-order valence-corrected chi connectivity index (χ1v) is 7.55. The van der Waals surface area contributed by atoms with Crippen molar-refractivity contribution in [3.05, 3.63) is 0 Å². The molecule has 0 amide bonds. The highest BCUT2D eigenvalue weighted by molar-refractivity contribution is 4.78. The molecule has 0 heterocycles. The van der Waals surface area contributed by atoms with Crippen molar-refractivity contribution < 1.29 is 0 Å². The molecule has 0 fully saturated rings. The molecule has 0 bridgehead atoms. The van der Waals surface area contributed by atoms with Gasteiger partial charge in [0.05, 0.1) is 6.17 Å². The minimum Gasteiger partial charge on any atom is -0.302 e. The lowest BCUT2D eigenvalue weighted by atomic mass is 9.79. The number of hydrogen-bond acceptors (Lipinski definition) is 2. The summed E-state index contributed by atoms with van der Waals surface area (Å²) in [5.74, 6) is 0.784. The van der Waals surface area contributed by atoms with Crippen LogP contribution in [0.25, 0.3) is 0 Å². The fraction of sp³-hybridized carbons (Fsp3) is 1.00. The number of hydrogen-bond donors (Lipinski definition) is 2. The summed E-state index contributed by atoms with van der Waals surface area (Å²) in [7, 11) is 0. The van der Waals surface area contributed by atoms with Crippen molar-refractivity contribution in [3.8, 4) is 0 Å². The SMILES string of the molecule is CCNC(NCCCC(C)C(C)(C)C)C(C)(C)C. The van der Waals surface area contributed by atoms with E-state index in [1.165, 1.54) is 12.8 Å². The Morgan fingerprint density at radius 1 is 0.889 bits per heavy atom. The van der Waals surface area contributed by atoms with Crippen LogP contribution >= 0.6 is 0 Å². The van der Waals surface area contributed by atoms with Gasteiger partial charge in [-0.2, -0.15) is 0 Å². The summed E-state index contributed by atoms with van der Waals surface area (Å²) in [6.45, 7) is 20.5. The smallest absolute Gasteiger partial charge is 0.0621 e. The van der Waals surface area contributed by atoms with Gasteiger partial charge < -0.3 is 10.6 Å². The predicted octanol–water partition coefficient (Wildman–Crippen LogP) is 4.02. The fourth-order valence-corrected chi connectivity index (χ4v) is 1.98. The van der Waals surface area contributed by atoms with E-state index in [9.17, 15) is 0 Å². The van der Waals surface area contributed by atoms with Gasteiger partial charge in [0.1, 0.15) is 0 Å². The zero-order valence-electron chi connectivity index (χ0n) is 14.0. The maximum atomic E-state index is 3.66. The van der Waals surface area contributed by atoms with E-state index in [1.807, 2.05) is 0 Å². The predicted molar refractivity (Wildman–Crippen MR) is 82.8 cm³/mol. The van der Waals surface area contributed by atoms with E-state index in [1.54, 1.807) is 0 Å². The molecule has 110 valence electrons. The Bertz CT molecular complexity index is 210. The minimum atomic E-state index is 0.269. The zero-order valence-corrected chi connectivity index (χ0v) is 14.0. The maximum Gasteiger partial charge on any atom is 0.0621 e. The van der Waals surface area contributed by atoms with Crippen LogP contribution in [0.5, 0.6) is 0 Å². The summed E-state index contributed by atoms with van der Waals surface area (Å²) in [5.41, 5.74) is 0.705. The van der Waals surface area contributed by atoms with E-state index >= 15 is 0 Å². The molecule has 2 unspecified atom stereocenters. The average Bonchev–Trinajstić information content (AvgIpc) is 2.19. The third-order valence-corrected chi connectivity index (χ3v) is 3.92. The van der Waals surface area contributed by atoms with E-state index in [4.69, 9.17) is 0 Å². The topological polar surface area (TPSA) is 24.1 Å². The molecule has 0 aliphatic carbocycles. The van der Waals surface area contributed by atoms with Gasteiger partial charge in [-0.25, -0.2) is 0 Å². The normalized spacial score (nSPS) is 16.7. The Hall–Kier alpha value is -0.0800. The second-order valence-corrected chi connectivity index (χ2v) is 7.72. The first-order valence-electron chi connectivity index (χ1n) is 7.55. The van der Waals surface area contributed by atoms with Crippen molar-refractivity contribution in [1.29, 1.82) is 0 Å². The highest BCUT2D eigenvalue weighted by atomic mass is 15.1. The van der Waals surface area contributed by atoms with Crippen molar-refractivity contribution >= 4 is 0 Å². The molecule has 2 nitrogen and oxygen atoms in total. The van der Waals surface area contributed by atoms with Gasteiger partial charge in [-0.15, -0.1) is 0 Å². The van der Waals surface area contributed by atoms with E-state index < -0.39 is 0 Å². The third kappa shape index (κ3) is 7.38. The summed E-state index contributed by atoms with van der Waals surface area (Å²) < 4.78 is 0. The van der Waals surface area contributed by atoms with Gasteiger partial charge in [0.2, 0.25) is 0 Å². The quantitative estimate of drug-likeness (QED) is 0.531. The molecular weight excluding hydrogens is 220 g/mol. The second-order valence-electron chi connectivity index (χ2n) is 7.72. The van der Waals surface area contributed by atoms with Crippen LogP contribution in [0, 0.1) is 16.7 Å². The van der Waals surface area contributed by atoms with Crippen LogP contribution in [0.1, 0.15) is 68.2 Å². The van der Waals surface area contributed by atoms with Gasteiger partial charge in [-0.3, -0.25) is 0 Å². The Balaban J connectivity index is 3.95. The minimum absolute atomic E-state index is 0.269. The highest BCUT2D eigenvalue weighted by Crippen LogP contribution is 2.28. The Kier molecular flexibility index (Phi) is 7.46. The molecule has 0 radical (unpaired) electrons. The van der Waals surface area contributed by atoms with Crippen LogP contribution in [-0.4, -0.2) is 19.3 Å². The Morgan fingerprint density at radius 2 is 1.44 bits per heavy atom. The molecule has 0 rings (SSSR count). The first-order chi connectivity index (χ1) is 8.09. The molecule has 0 aliphatic heterocycles. The lowest BCUT2D eigenvalue weighted by Crippen LogP contribution is -2.51. The summed E-state index contributed by atoms with van der Waals surface area (Å²) >= 11 is 0. The summed E-state index contributed by atoms with van der Waals surface area (Å²) in [5, 5.41) is 7.19. The van der Waals surface area contributed by atoms with Gasteiger partial charge in [-0.1, -0.05) is 55.4 Å². The molecular formula is C16H36N2. The number of rotatable bonds is 7. The van der Waals surface area contributed by atoms with Crippen molar-refractivity contribution in [2.24, 2.45) is 16.7 Å². The van der Waals surface area contributed by atoms with Crippen LogP contribution < -0.4 is 10.6 Å². The molecule has 0 aromatic rings. The maximum absolute atomic E-state index is 3.66. The highest BCUT2D eigenvalue weighted by Gasteiger charge is 2.23. The fourth-order valence-electron chi connectivity index (χ4n) is 1.98. The van der Waals surface area contributed by atoms with Gasteiger partial charge in [0.15, 0.2) is 0 Å². The number of nitrogens with one attached hydrogen (secondary N) is 2. The first kappa shape index (κ1) is 17.9. The van der Waals surface area contributed by atoms with Crippen LogP contribution in [0.2, 0.25) is 0 Å². The van der Waals surface area contributed by atoms with Crippen LogP contribution in [0.4, 0.5) is 0 Å². The molecule has 2 atom stereocenters. The summed E-state index contributed by atoms with van der Waals surface area (Å²) in [6, 6.07) is 0. The van der Waals surface area contributed by atoms with E-state index in [0.717, 1.165) is 19.0 Å². The molecule has 2 heteroatoms. The van der Waals surface area contributed by atoms with E-state index in [2.05, 4.69) is 66.0 Å². The lowest BCUT2D eigenvalue weighted by molar-refractivity contribution is 0.214. The van der Waals surface area contributed by atoms with Gasteiger partial charge in [-0.05, 0) is 42.7 Å². The van der Waals surface area contributed by atoms with Gasteiger partial charge >= 0.3 is 0 Å². The zero-order chi connectivity index (χ0) is 14.4. The molecule has 2 N–H and O–H groups in total. The largest absolute Gasteiger partial charge is 0.302 e. The second kappa shape index (κ2) is 7.49. The van der Waals surface area contributed by atoms with Crippen molar-refractivity contribution in [2.75, 3.05) is 13.1 Å². The van der Waals surface area contributed by atoms with Gasteiger partial charge in [0, 0.05) is 0 Å². The van der Waals surface area contributed by atoms with Crippen molar-refractivity contribution in [1.82, 2.24) is 10.6 Å². The third-order valence-electron chi connectivity index (χ3n) is 3.92. The summed E-state index contributed by atoms with van der Waals surface area (Å²) in [4.78, 5) is 0. The molecule has 0 spiro atoms. The monoisotopic (exact) mass is 256 g/mol. The van der Waals surface area contributed by atoms with E-state index in [-0.39, 0.29) is 5.41 Å². The van der Waals surface area contributed by atoms with Crippen LogP contribution in [0.3, 0.4) is 0 Å². The molecule has 0 saturated heterocycles. The molecule has 0 saturated carbocycles. The molecule has 0 aromatic carbocycles. The Morgan fingerprint density at radius 3 is 1.83 bits per heavy atom. The van der Waals surface area contributed by atoms with Crippen molar-refractivity contribution in [2.45, 2.75) is 74.4 Å². The molecule has 0 aromatic heterocycles.